The van der Waals surface area contributed by atoms with Crippen molar-refractivity contribution in [2.24, 2.45) is 0 Å². The summed E-state index contributed by atoms with van der Waals surface area (Å²) in [6.45, 7) is 4.84. The van der Waals surface area contributed by atoms with Gasteiger partial charge in [-0.3, -0.25) is 0 Å². The molecule has 172 valence electrons. The third-order valence-corrected chi connectivity index (χ3v) is 6.52. The molecule has 0 amide bonds. The van der Waals surface area contributed by atoms with Crippen molar-refractivity contribution < 1.29 is 23.2 Å². The van der Waals surface area contributed by atoms with Gasteiger partial charge in [0.1, 0.15) is 12.2 Å². The number of hydrogen-bond acceptors (Lipinski definition) is 5. The highest BCUT2D eigenvalue weighted by Gasteiger charge is 2.24. The second kappa shape index (κ2) is 8.53. The number of aromatic nitrogens is 2. The predicted molar refractivity (Wildman–Crippen MR) is 124 cm³/mol. The smallest absolute Gasteiger partial charge is 0.231 e. The number of nitrogens with zero attached hydrogens (tertiary/aromatic N) is 3. The van der Waals surface area contributed by atoms with Gasteiger partial charge in [0, 0.05) is 21.9 Å². The number of piperazine rings is 1. The number of hydrogen-bond donors (Lipinski definition) is 1. The third-order valence-electron chi connectivity index (χ3n) is 6.52. The zero-order valence-corrected chi connectivity index (χ0v) is 18.4. The summed E-state index contributed by atoms with van der Waals surface area (Å²) in [7, 11) is 0. The number of nitrogens with one attached hydrogen (secondary N) is 1. The first kappa shape index (κ1) is 20.8. The number of benzene rings is 3. The zero-order chi connectivity index (χ0) is 23.1. The van der Waals surface area contributed by atoms with Gasteiger partial charge in [-0.15, -0.1) is 10.2 Å². The molecule has 3 heterocycles. The van der Waals surface area contributed by atoms with Gasteiger partial charge >= 0.3 is 0 Å². The number of anilines is 1. The molecule has 0 bridgehead atoms. The highest BCUT2D eigenvalue weighted by atomic mass is 19.2. The van der Waals surface area contributed by atoms with E-state index in [-0.39, 0.29) is 6.79 Å². The highest BCUT2D eigenvalue weighted by Crippen LogP contribution is 2.33. The lowest BCUT2D eigenvalue weighted by Gasteiger charge is -2.33. The number of fused-ring (bicyclic) bond motifs is 2. The van der Waals surface area contributed by atoms with Gasteiger partial charge in [0.25, 0.3) is 0 Å². The van der Waals surface area contributed by atoms with Gasteiger partial charge in [-0.1, -0.05) is 24.3 Å². The molecule has 0 spiro atoms. The number of ether oxygens (including phenoxy) is 2. The average Bonchev–Trinajstić information content (AvgIpc) is 3.34. The first-order valence-electron chi connectivity index (χ1n) is 11.3. The number of quaternary nitrogens is 1. The second-order valence-corrected chi connectivity index (χ2v) is 8.65. The van der Waals surface area contributed by atoms with Gasteiger partial charge < -0.3 is 19.3 Å². The van der Waals surface area contributed by atoms with Gasteiger partial charge in [0.05, 0.1) is 26.2 Å². The molecule has 1 saturated heterocycles. The Morgan fingerprint density at radius 3 is 2.44 bits per heavy atom. The maximum Gasteiger partial charge on any atom is 0.231 e. The van der Waals surface area contributed by atoms with E-state index in [1.165, 1.54) is 22.6 Å². The molecular formula is C26H23F2N4O2+. The van der Waals surface area contributed by atoms with E-state index in [0.29, 0.717) is 11.3 Å². The SMILES string of the molecule is Fc1ccc(-c2nnc(N3CC[NH+](Cc4ccc5c(c4)OCO5)CC3)c3ccccc23)cc1F. The van der Waals surface area contributed by atoms with Crippen LogP contribution in [0.2, 0.25) is 0 Å². The van der Waals surface area contributed by atoms with Crippen LogP contribution in [0.3, 0.4) is 0 Å². The van der Waals surface area contributed by atoms with Crippen molar-refractivity contribution in [2.45, 2.75) is 6.54 Å². The lowest BCUT2D eigenvalue weighted by molar-refractivity contribution is -0.914. The summed E-state index contributed by atoms with van der Waals surface area (Å²) in [6, 6.07) is 17.8. The Kier molecular flexibility index (Phi) is 5.22. The molecule has 1 fully saturated rings. The summed E-state index contributed by atoms with van der Waals surface area (Å²) in [5.74, 6) is 0.677. The van der Waals surface area contributed by atoms with E-state index in [4.69, 9.17) is 9.47 Å². The van der Waals surface area contributed by atoms with Crippen LogP contribution in [0.25, 0.3) is 22.0 Å². The monoisotopic (exact) mass is 461 g/mol. The van der Waals surface area contributed by atoms with E-state index in [1.807, 2.05) is 30.3 Å². The van der Waals surface area contributed by atoms with Gasteiger partial charge in [0.2, 0.25) is 6.79 Å². The molecule has 3 aromatic carbocycles. The average molecular weight is 461 g/mol. The van der Waals surface area contributed by atoms with Crippen LogP contribution in [0.5, 0.6) is 11.5 Å². The first-order valence-corrected chi connectivity index (χ1v) is 11.3. The predicted octanol–water partition coefficient (Wildman–Crippen LogP) is 3.21. The lowest BCUT2D eigenvalue weighted by atomic mass is 10.0. The number of rotatable bonds is 4. The Hall–Kier alpha value is -3.78. The molecule has 6 nitrogen and oxygen atoms in total. The van der Waals surface area contributed by atoms with Crippen molar-refractivity contribution in [2.75, 3.05) is 37.9 Å². The fourth-order valence-electron chi connectivity index (χ4n) is 4.73. The van der Waals surface area contributed by atoms with Crippen molar-refractivity contribution in [3.05, 3.63) is 77.9 Å². The molecule has 2 aliphatic heterocycles. The summed E-state index contributed by atoms with van der Waals surface area (Å²) in [4.78, 5) is 3.75. The number of halogens is 2. The molecule has 6 rings (SSSR count). The van der Waals surface area contributed by atoms with Crippen LogP contribution in [0, 0.1) is 11.6 Å². The van der Waals surface area contributed by atoms with E-state index in [0.717, 1.165) is 66.9 Å². The highest BCUT2D eigenvalue weighted by molar-refractivity contribution is 6.00. The molecule has 1 N–H and O–H groups in total. The Balaban J connectivity index is 1.22. The van der Waals surface area contributed by atoms with E-state index >= 15 is 0 Å². The third kappa shape index (κ3) is 3.80. The molecule has 1 aromatic heterocycles. The summed E-state index contributed by atoms with van der Waals surface area (Å²) in [6.07, 6.45) is 0. The molecule has 8 heteroatoms. The molecule has 4 aromatic rings. The van der Waals surface area contributed by atoms with Gasteiger partial charge in [-0.05, 0) is 36.4 Å². The van der Waals surface area contributed by atoms with Crippen molar-refractivity contribution in [3.8, 4) is 22.8 Å². The van der Waals surface area contributed by atoms with Crippen molar-refractivity contribution in [3.63, 3.8) is 0 Å². The van der Waals surface area contributed by atoms with E-state index in [1.54, 1.807) is 0 Å². The maximum atomic E-state index is 13.8. The normalized spacial score (nSPS) is 15.8. The quantitative estimate of drug-likeness (QED) is 0.506. The minimum absolute atomic E-state index is 0.286. The van der Waals surface area contributed by atoms with Crippen molar-refractivity contribution in [1.82, 2.24) is 10.2 Å². The van der Waals surface area contributed by atoms with E-state index < -0.39 is 11.6 Å². The Morgan fingerprint density at radius 1 is 0.824 bits per heavy atom. The Labute approximate surface area is 195 Å². The van der Waals surface area contributed by atoms with Gasteiger partial charge in [-0.2, -0.15) is 0 Å². The molecule has 0 atom stereocenters. The van der Waals surface area contributed by atoms with Crippen molar-refractivity contribution in [1.29, 1.82) is 0 Å². The minimum atomic E-state index is -0.894. The Morgan fingerprint density at radius 2 is 1.62 bits per heavy atom. The fourth-order valence-corrected chi connectivity index (χ4v) is 4.73. The van der Waals surface area contributed by atoms with Crippen LogP contribution in [0.15, 0.2) is 60.7 Å². The molecule has 34 heavy (non-hydrogen) atoms. The molecule has 0 radical (unpaired) electrons. The van der Waals surface area contributed by atoms with Crippen LogP contribution in [-0.2, 0) is 6.54 Å². The summed E-state index contributed by atoms with van der Waals surface area (Å²) < 4.78 is 38.2. The standard InChI is InChI=1S/C26H22F2N4O2/c27-21-7-6-18(14-22(21)28)25-19-3-1-2-4-20(19)26(30-29-25)32-11-9-31(10-12-32)15-17-5-8-23-24(13-17)34-16-33-23/h1-8,13-14H,9-12,15-16H2/p+1. The van der Waals surface area contributed by atoms with Gasteiger partial charge in [0.15, 0.2) is 29.0 Å². The summed E-state index contributed by atoms with van der Waals surface area (Å²) in [5, 5.41) is 10.8. The minimum Gasteiger partial charge on any atom is -0.454 e. The maximum absolute atomic E-state index is 13.8. The second-order valence-electron chi connectivity index (χ2n) is 8.65. The summed E-state index contributed by atoms with van der Waals surface area (Å²) >= 11 is 0. The lowest BCUT2D eigenvalue weighted by Crippen LogP contribution is -3.13. The largest absolute Gasteiger partial charge is 0.454 e. The topological polar surface area (TPSA) is 51.9 Å². The molecular weight excluding hydrogens is 438 g/mol. The van der Waals surface area contributed by atoms with Gasteiger partial charge in [-0.25, -0.2) is 8.78 Å². The van der Waals surface area contributed by atoms with Crippen LogP contribution in [-0.4, -0.2) is 43.2 Å². The first-order chi connectivity index (χ1) is 16.7. The van der Waals surface area contributed by atoms with E-state index in [9.17, 15) is 8.78 Å². The van der Waals surface area contributed by atoms with Crippen molar-refractivity contribution >= 4 is 16.6 Å². The fraction of sp³-hybridized carbons (Fsp3) is 0.231. The molecule has 0 saturated carbocycles. The van der Waals surface area contributed by atoms with Crippen LogP contribution in [0.4, 0.5) is 14.6 Å². The molecule has 2 aliphatic rings. The Bertz CT molecular complexity index is 1370. The van der Waals surface area contributed by atoms with Crippen LogP contribution >= 0.6 is 0 Å². The van der Waals surface area contributed by atoms with E-state index in [2.05, 4.69) is 27.2 Å². The van der Waals surface area contributed by atoms with Crippen LogP contribution < -0.4 is 19.3 Å². The van der Waals surface area contributed by atoms with Crippen LogP contribution in [0.1, 0.15) is 5.56 Å². The zero-order valence-electron chi connectivity index (χ0n) is 18.4. The summed E-state index contributed by atoms with van der Waals surface area (Å²) in [5.41, 5.74) is 2.28. The molecule has 0 unspecified atom stereocenters. The molecule has 0 aliphatic carbocycles.